The molecule has 1 fully saturated rings. The Bertz CT molecular complexity index is 1770. The minimum Gasteiger partial charge on any atom is -0.480 e. The van der Waals surface area contributed by atoms with Crippen LogP contribution in [0.15, 0.2) is 48.0 Å². The minimum absolute atomic E-state index is 0.130. The summed E-state index contributed by atoms with van der Waals surface area (Å²) in [5.41, 5.74) is 1.05. The number of pyridine rings is 3. The smallest absolute Gasteiger partial charge is 0.410 e. The molecule has 0 aliphatic carbocycles. The van der Waals surface area contributed by atoms with Gasteiger partial charge in [0.1, 0.15) is 23.1 Å². The Hall–Kier alpha value is -4.73. The van der Waals surface area contributed by atoms with Gasteiger partial charge in [0.05, 0.1) is 30.7 Å². The van der Waals surface area contributed by atoms with E-state index in [1.54, 1.807) is 17.0 Å². The lowest BCUT2D eigenvalue weighted by atomic mass is 10.1. The first kappa shape index (κ1) is 29.8. The minimum atomic E-state index is -4.73. The first-order chi connectivity index (χ1) is 20.4. The van der Waals surface area contributed by atoms with E-state index < -0.39 is 32.2 Å². The fourth-order valence-electron chi connectivity index (χ4n) is 4.43. The molecule has 5 rings (SSSR count). The van der Waals surface area contributed by atoms with Crippen molar-refractivity contribution in [3.05, 3.63) is 54.8 Å². The normalized spacial score (nSPS) is 14.1. The summed E-state index contributed by atoms with van der Waals surface area (Å²) in [6.07, 6.45) is 3.66. The number of ether oxygens (including phenoxy) is 2. The van der Waals surface area contributed by atoms with Crippen molar-refractivity contribution in [2.24, 2.45) is 0 Å². The third-order valence-corrected chi connectivity index (χ3v) is 7.77. The van der Waals surface area contributed by atoms with E-state index in [4.69, 9.17) is 14.5 Å². The molecule has 1 N–H and O–H groups in total. The number of nitrogens with one attached hydrogen (secondary N) is 1. The van der Waals surface area contributed by atoms with Crippen LogP contribution in [0.3, 0.4) is 0 Å². The number of fused-ring (bicyclic) bond motifs is 1. The molecule has 0 atom stereocenters. The molecule has 4 aromatic heterocycles. The maximum Gasteiger partial charge on any atom is 0.410 e. The van der Waals surface area contributed by atoms with Crippen LogP contribution in [-0.2, 0) is 14.8 Å². The lowest BCUT2D eigenvalue weighted by molar-refractivity contribution is 0.0240. The Morgan fingerprint density at radius 3 is 2.35 bits per heavy atom. The fourth-order valence-corrected chi connectivity index (χ4v) is 5.58. The molecule has 0 saturated carbocycles. The first-order valence-corrected chi connectivity index (χ1v) is 14.6. The van der Waals surface area contributed by atoms with E-state index in [2.05, 4.69) is 24.7 Å². The number of nitrogens with zero attached hydrogens (tertiary/aromatic N) is 7. The monoisotopic (exact) mass is 614 g/mol. The molecule has 5 heterocycles. The van der Waals surface area contributed by atoms with E-state index in [1.807, 2.05) is 25.7 Å². The van der Waals surface area contributed by atoms with E-state index in [9.17, 15) is 22.0 Å². The van der Waals surface area contributed by atoms with Crippen molar-refractivity contribution in [2.45, 2.75) is 31.3 Å². The molecular formula is C27H28F2N8O5S. The van der Waals surface area contributed by atoms with E-state index in [0.29, 0.717) is 66.7 Å². The molecule has 0 aromatic carbocycles. The van der Waals surface area contributed by atoms with Crippen LogP contribution >= 0.6 is 0 Å². The molecule has 0 unspecified atom stereocenters. The molecule has 1 aliphatic rings. The zero-order chi connectivity index (χ0) is 30.9. The van der Waals surface area contributed by atoms with E-state index in [1.165, 1.54) is 25.7 Å². The highest BCUT2D eigenvalue weighted by atomic mass is 32.2. The van der Waals surface area contributed by atoms with Crippen molar-refractivity contribution in [3.8, 4) is 17.1 Å². The molecule has 43 heavy (non-hydrogen) atoms. The molecule has 226 valence electrons. The summed E-state index contributed by atoms with van der Waals surface area (Å²) in [4.78, 5) is 35.9. The van der Waals surface area contributed by atoms with Crippen LogP contribution in [0.25, 0.3) is 22.3 Å². The molecule has 1 amide bonds. The highest BCUT2D eigenvalue weighted by Gasteiger charge is 2.28. The molecular weight excluding hydrogens is 586 g/mol. The van der Waals surface area contributed by atoms with Gasteiger partial charge in [-0.1, -0.05) is 0 Å². The summed E-state index contributed by atoms with van der Waals surface area (Å²) < 4.78 is 67.1. The highest BCUT2D eigenvalue weighted by Crippen LogP contribution is 2.32. The number of carbonyl (C=O) groups is 1. The molecule has 0 spiro atoms. The second-order valence-electron chi connectivity index (χ2n) is 10.5. The maximum absolute atomic E-state index is 14.2. The SMILES string of the molecule is COc1ncc(-c2ccc3ncnc(N4CCN(C(=O)OC(C)(C)C)CC4)c3n2)cc1NS(=O)(=O)c1c(F)cncc1F. The van der Waals surface area contributed by atoms with Crippen LogP contribution < -0.4 is 14.4 Å². The third kappa shape index (κ3) is 6.38. The summed E-state index contributed by atoms with van der Waals surface area (Å²) >= 11 is 0. The van der Waals surface area contributed by atoms with Gasteiger partial charge in [0, 0.05) is 37.9 Å². The molecule has 16 heteroatoms. The van der Waals surface area contributed by atoms with Crippen LogP contribution in [0.2, 0.25) is 0 Å². The summed E-state index contributed by atoms with van der Waals surface area (Å²) in [6, 6.07) is 4.79. The van der Waals surface area contributed by atoms with Gasteiger partial charge in [-0.25, -0.2) is 41.9 Å². The van der Waals surface area contributed by atoms with Crippen LogP contribution in [0.1, 0.15) is 20.8 Å². The summed E-state index contributed by atoms with van der Waals surface area (Å²) in [6.45, 7) is 7.25. The van der Waals surface area contributed by atoms with Crippen LogP contribution in [0, 0.1) is 11.6 Å². The van der Waals surface area contributed by atoms with Crippen molar-refractivity contribution in [1.82, 2.24) is 29.8 Å². The molecule has 13 nitrogen and oxygen atoms in total. The van der Waals surface area contributed by atoms with Gasteiger partial charge in [-0.05, 0) is 39.0 Å². The number of sulfonamides is 1. The highest BCUT2D eigenvalue weighted by molar-refractivity contribution is 7.92. The second kappa shape index (κ2) is 11.5. The Kier molecular flexibility index (Phi) is 7.96. The summed E-state index contributed by atoms with van der Waals surface area (Å²) in [5, 5.41) is 0. The fraction of sp³-hybridized carbons (Fsp3) is 0.333. The Morgan fingerprint density at radius 1 is 1.00 bits per heavy atom. The predicted octanol–water partition coefficient (Wildman–Crippen LogP) is 3.63. The van der Waals surface area contributed by atoms with Crippen molar-refractivity contribution in [2.75, 3.05) is 42.9 Å². The Labute approximate surface area is 246 Å². The van der Waals surface area contributed by atoms with Gasteiger partial charge in [-0.2, -0.15) is 0 Å². The van der Waals surface area contributed by atoms with E-state index >= 15 is 0 Å². The second-order valence-corrected chi connectivity index (χ2v) is 12.2. The number of carbonyl (C=O) groups excluding carboxylic acids is 1. The topological polar surface area (TPSA) is 153 Å². The molecule has 0 bridgehead atoms. The Balaban J connectivity index is 1.44. The number of aromatic nitrogens is 5. The number of rotatable bonds is 6. The molecule has 4 aromatic rings. The van der Waals surface area contributed by atoms with Gasteiger partial charge in [-0.3, -0.25) is 9.71 Å². The number of piperazine rings is 1. The lowest BCUT2D eigenvalue weighted by Gasteiger charge is -2.36. The van der Waals surface area contributed by atoms with Gasteiger partial charge >= 0.3 is 6.09 Å². The van der Waals surface area contributed by atoms with Gasteiger partial charge in [0.15, 0.2) is 22.3 Å². The quantitative estimate of drug-likeness (QED) is 0.339. The molecule has 0 radical (unpaired) electrons. The standard InChI is InChI=1S/C27H28F2N8O5S/c1-27(2,3)42-26(38)37-9-7-36(8-10-37)24-22-20(32-15-33-24)6-5-19(34-22)16-11-21(25(41-4)31-12-16)35-43(39,40)23-17(28)13-30-14-18(23)29/h5-6,11-15,35H,7-10H2,1-4H3. The molecule has 1 saturated heterocycles. The summed E-state index contributed by atoms with van der Waals surface area (Å²) in [7, 11) is -3.46. The number of halogens is 2. The van der Waals surface area contributed by atoms with Crippen LogP contribution in [-0.4, -0.2) is 83.2 Å². The van der Waals surface area contributed by atoms with Crippen molar-refractivity contribution < 1.29 is 31.5 Å². The van der Waals surface area contributed by atoms with Gasteiger partial charge in [0.2, 0.25) is 5.88 Å². The van der Waals surface area contributed by atoms with Crippen molar-refractivity contribution in [1.29, 1.82) is 0 Å². The van der Waals surface area contributed by atoms with Gasteiger partial charge < -0.3 is 19.3 Å². The number of hydrogen-bond acceptors (Lipinski definition) is 11. The lowest BCUT2D eigenvalue weighted by Crippen LogP contribution is -2.50. The zero-order valence-corrected chi connectivity index (χ0v) is 24.5. The number of methoxy groups -OCH3 is 1. The Morgan fingerprint density at radius 2 is 1.70 bits per heavy atom. The summed E-state index contributed by atoms with van der Waals surface area (Å²) in [5.74, 6) is -2.28. The average Bonchev–Trinajstić information content (AvgIpc) is 2.95. The zero-order valence-electron chi connectivity index (χ0n) is 23.7. The van der Waals surface area contributed by atoms with E-state index in [0.717, 1.165) is 0 Å². The van der Waals surface area contributed by atoms with Gasteiger partial charge in [-0.15, -0.1) is 0 Å². The van der Waals surface area contributed by atoms with Crippen molar-refractivity contribution in [3.63, 3.8) is 0 Å². The third-order valence-electron chi connectivity index (χ3n) is 6.36. The van der Waals surface area contributed by atoms with Crippen LogP contribution in [0.4, 0.5) is 25.1 Å². The maximum atomic E-state index is 14.2. The van der Waals surface area contributed by atoms with E-state index in [-0.39, 0.29) is 17.7 Å². The number of amides is 1. The first-order valence-electron chi connectivity index (χ1n) is 13.1. The van der Waals surface area contributed by atoms with Gasteiger partial charge in [0.25, 0.3) is 10.0 Å². The average molecular weight is 615 g/mol. The molecule has 1 aliphatic heterocycles. The number of hydrogen-bond donors (Lipinski definition) is 1. The largest absolute Gasteiger partial charge is 0.480 e. The predicted molar refractivity (Wildman–Crippen MR) is 152 cm³/mol. The van der Waals surface area contributed by atoms with Crippen LogP contribution in [0.5, 0.6) is 5.88 Å². The van der Waals surface area contributed by atoms with Crippen molar-refractivity contribution >= 4 is 38.7 Å². The number of anilines is 2.